The molecule has 0 fully saturated rings. The number of allylic oxidation sites excluding steroid dienone is 1. The van der Waals surface area contributed by atoms with Crippen molar-refractivity contribution in [1.82, 2.24) is 0 Å². The number of benzene rings is 2. The van der Waals surface area contributed by atoms with Gasteiger partial charge in [-0.3, -0.25) is 0 Å². The lowest BCUT2D eigenvalue weighted by molar-refractivity contribution is 0.590. The molecule has 1 atom stereocenters. The molecule has 0 amide bonds. The lowest BCUT2D eigenvalue weighted by atomic mass is 9.83. The van der Waals surface area contributed by atoms with Crippen molar-refractivity contribution in [3.63, 3.8) is 0 Å². The molecule has 3 rings (SSSR count). The van der Waals surface area contributed by atoms with Crippen molar-refractivity contribution in [2.75, 3.05) is 0 Å². The van der Waals surface area contributed by atoms with Gasteiger partial charge in [0.2, 0.25) is 0 Å². The van der Waals surface area contributed by atoms with Crippen LogP contribution in [0.2, 0.25) is 0 Å². The molecule has 1 unspecified atom stereocenters. The first-order valence-electron chi connectivity index (χ1n) is 7.90. The minimum Gasteiger partial charge on any atom is -0.0619 e. The maximum absolute atomic E-state index is 2.37. The van der Waals surface area contributed by atoms with E-state index in [1.165, 1.54) is 27.8 Å². The number of fused-ring (bicyclic) bond motifs is 1. The van der Waals surface area contributed by atoms with E-state index in [4.69, 9.17) is 0 Å². The largest absolute Gasteiger partial charge is 0.0619 e. The zero-order chi connectivity index (χ0) is 15.0. The second-order valence-corrected chi connectivity index (χ2v) is 7.01. The summed E-state index contributed by atoms with van der Waals surface area (Å²) in [5.74, 6) is 0.445. The molecule has 0 aromatic heterocycles. The Labute approximate surface area is 128 Å². The SMILES string of the molecule is CCC1=Cc2ccccc2C1c1ccc(C(C)(C)C)cc1. The summed E-state index contributed by atoms with van der Waals surface area (Å²) in [6.45, 7) is 9.06. The van der Waals surface area contributed by atoms with Crippen LogP contribution in [0.4, 0.5) is 0 Å². The molecule has 0 N–H and O–H groups in total. The second kappa shape index (κ2) is 5.18. The van der Waals surface area contributed by atoms with E-state index in [1.54, 1.807) is 0 Å². The lowest BCUT2D eigenvalue weighted by Gasteiger charge is -2.21. The van der Waals surface area contributed by atoms with Crippen molar-refractivity contribution in [2.45, 2.75) is 45.4 Å². The minimum atomic E-state index is 0.218. The Kier molecular flexibility index (Phi) is 3.49. The van der Waals surface area contributed by atoms with E-state index in [2.05, 4.69) is 82.3 Å². The molecular weight excluding hydrogens is 252 g/mol. The molecule has 0 bridgehead atoms. The molecule has 0 aliphatic heterocycles. The Hall–Kier alpha value is -1.82. The Morgan fingerprint density at radius 2 is 1.57 bits per heavy atom. The molecule has 0 heteroatoms. The molecular formula is C21H24. The van der Waals surface area contributed by atoms with Crippen LogP contribution in [0.5, 0.6) is 0 Å². The summed E-state index contributed by atoms with van der Waals surface area (Å²) in [4.78, 5) is 0. The highest BCUT2D eigenvalue weighted by Gasteiger charge is 2.25. The van der Waals surface area contributed by atoms with Gasteiger partial charge in [-0.25, -0.2) is 0 Å². The number of hydrogen-bond donors (Lipinski definition) is 0. The van der Waals surface area contributed by atoms with Crippen LogP contribution in [0.3, 0.4) is 0 Å². The van der Waals surface area contributed by atoms with Crippen LogP contribution in [0.15, 0.2) is 54.1 Å². The topological polar surface area (TPSA) is 0 Å². The first-order chi connectivity index (χ1) is 10.0. The van der Waals surface area contributed by atoms with Crippen molar-refractivity contribution in [3.05, 3.63) is 76.4 Å². The molecule has 0 radical (unpaired) electrons. The Morgan fingerprint density at radius 3 is 2.19 bits per heavy atom. The maximum atomic E-state index is 2.37. The Bertz CT molecular complexity index is 666. The van der Waals surface area contributed by atoms with Gasteiger partial charge in [-0.15, -0.1) is 0 Å². The van der Waals surface area contributed by atoms with Gasteiger partial charge in [0.25, 0.3) is 0 Å². The highest BCUT2D eigenvalue weighted by molar-refractivity contribution is 5.69. The fraction of sp³-hybridized carbons (Fsp3) is 0.333. The summed E-state index contributed by atoms with van der Waals surface area (Å²) < 4.78 is 0. The van der Waals surface area contributed by atoms with Crippen LogP contribution in [-0.2, 0) is 5.41 Å². The fourth-order valence-electron chi connectivity index (χ4n) is 3.26. The van der Waals surface area contributed by atoms with Gasteiger partial charge in [-0.2, -0.15) is 0 Å². The fourth-order valence-corrected chi connectivity index (χ4v) is 3.26. The summed E-state index contributed by atoms with van der Waals surface area (Å²) in [6, 6.07) is 18.0. The molecule has 1 aliphatic rings. The molecule has 108 valence electrons. The summed E-state index contributed by atoms with van der Waals surface area (Å²) in [5.41, 5.74) is 7.41. The first kappa shape index (κ1) is 14.1. The van der Waals surface area contributed by atoms with E-state index in [-0.39, 0.29) is 5.41 Å². The van der Waals surface area contributed by atoms with E-state index < -0.39 is 0 Å². The van der Waals surface area contributed by atoms with Gasteiger partial charge >= 0.3 is 0 Å². The third-order valence-corrected chi connectivity index (χ3v) is 4.54. The molecule has 0 heterocycles. The monoisotopic (exact) mass is 276 g/mol. The highest BCUT2D eigenvalue weighted by Crippen LogP contribution is 2.42. The number of hydrogen-bond acceptors (Lipinski definition) is 0. The predicted molar refractivity (Wildman–Crippen MR) is 91.7 cm³/mol. The normalized spacial score (nSPS) is 17.5. The highest BCUT2D eigenvalue weighted by atomic mass is 14.3. The van der Waals surface area contributed by atoms with Crippen LogP contribution >= 0.6 is 0 Å². The molecule has 0 saturated heterocycles. The Balaban J connectivity index is 2.02. The minimum absolute atomic E-state index is 0.218. The van der Waals surface area contributed by atoms with E-state index in [0.29, 0.717) is 5.92 Å². The van der Waals surface area contributed by atoms with Crippen molar-refractivity contribution in [2.24, 2.45) is 0 Å². The third kappa shape index (κ3) is 2.55. The van der Waals surface area contributed by atoms with Gasteiger partial charge in [0.15, 0.2) is 0 Å². The van der Waals surface area contributed by atoms with Gasteiger partial charge in [0.1, 0.15) is 0 Å². The van der Waals surface area contributed by atoms with Crippen molar-refractivity contribution >= 4 is 6.08 Å². The van der Waals surface area contributed by atoms with Crippen molar-refractivity contribution in [1.29, 1.82) is 0 Å². The molecule has 0 saturated carbocycles. The van der Waals surface area contributed by atoms with Gasteiger partial charge in [-0.1, -0.05) is 87.9 Å². The van der Waals surface area contributed by atoms with E-state index in [1.807, 2.05) is 0 Å². The summed E-state index contributed by atoms with van der Waals surface area (Å²) >= 11 is 0. The smallest absolute Gasteiger partial charge is 0.0308 e. The van der Waals surface area contributed by atoms with Gasteiger partial charge < -0.3 is 0 Å². The van der Waals surface area contributed by atoms with E-state index in [0.717, 1.165) is 6.42 Å². The van der Waals surface area contributed by atoms with Crippen molar-refractivity contribution < 1.29 is 0 Å². The average Bonchev–Trinajstić information content (AvgIpc) is 2.85. The quantitative estimate of drug-likeness (QED) is 0.638. The van der Waals surface area contributed by atoms with Crippen LogP contribution in [0.1, 0.15) is 62.3 Å². The molecule has 2 aromatic carbocycles. The molecule has 0 nitrogen and oxygen atoms in total. The third-order valence-electron chi connectivity index (χ3n) is 4.54. The second-order valence-electron chi connectivity index (χ2n) is 7.01. The molecule has 1 aliphatic carbocycles. The first-order valence-corrected chi connectivity index (χ1v) is 7.90. The zero-order valence-electron chi connectivity index (χ0n) is 13.5. The standard InChI is InChI=1S/C21H24/c1-5-15-14-17-8-6-7-9-19(17)20(15)16-10-12-18(13-11-16)21(2,3)4/h6-14,20H,5H2,1-4H3. The molecule has 0 spiro atoms. The zero-order valence-corrected chi connectivity index (χ0v) is 13.5. The number of rotatable bonds is 2. The summed E-state index contributed by atoms with van der Waals surface area (Å²) in [5, 5.41) is 0. The van der Waals surface area contributed by atoms with E-state index >= 15 is 0 Å². The maximum Gasteiger partial charge on any atom is 0.0308 e. The van der Waals surface area contributed by atoms with E-state index in [9.17, 15) is 0 Å². The lowest BCUT2D eigenvalue weighted by Crippen LogP contribution is -2.11. The predicted octanol–water partition coefficient (Wildman–Crippen LogP) is 5.92. The van der Waals surface area contributed by atoms with Crippen LogP contribution in [-0.4, -0.2) is 0 Å². The van der Waals surface area contributed by atoms with Gasteiger partial charge in [0.05, 0.1) is 0 Å². The molecule has 2 aromatic rings. The Morgan fingerprint density at radius 1 is 0.905 bits per heavy atom. The summed E-state index contributed by atoms with van der Waals surface area (Å²) in [6.07, 6.45) is 3.48. The van der Waals surface area contributed by atoms with Crippen LogP contribution < -0.4 is 0 Å². The molecule has 21 heavy (non-hydrogen) atoms. The van der Waals surface area contributed by atoms with Crippen LogP contribution in [0.25, 0.3) is 6.08 Å². The average molecular weight is 276 g/mol. The van der Waals surface area contributed by atoms with Gasteiger partial charge in [0, 0.05) is 5.92 Å². The van der Waals surface area contributed by atoms with Crippen LogP contribution in [0, 0.1) is 0 Å². The van der Waals surface area contributed by atoms with Gasteiger partial charge in [-0.05, 0) is 34.1 Å². The summed E-state index contributed by atoms with van der Waals surface area (Å²) in [7, 11) is 0. The van der Waals surface area contributed by atoms with Crippen molar-refractivity contribution in [3.8, 4) is 0 Å².